The molecule has 0 aliphatic carbocycles. The SMILES string of the molecule is Cc1ccc(-c2n[nH]c(=S)n2CCC(=O)NC(c2ccc(F)cc2)c2nccn2C)cc1. The van der Waals surface area contributed by atoms with Gasteiger partial charge < -0.3 is 9.88 Å². The number of H-pyrrole nitrogens is 1. The van der Waals surface area contributed by atoms with Crippen LogP contribution in [0.4, 0.5) is 4.39 Å². The van der Waals surface area contributed by atoms with Crippen molar-refractivity contribution >= 4 is 18.1 Å². The normalized spacial score (nSPS) is 12.0. The molecule has 1 unspecified atom stereocenters. The van der Waals surface area contributed by atoms with Crippen LogP contribution in [-0.4, -0.2) is 30.2 Å². The highest BCUT2D eigenvalue weighted by molar-refractivity contribution is 7.71. The molecule has 2 N–H and O–H groups in total. The van der Waals surface area contributed by atoms with E-state index >= 15 is 0 Å². The predicted octanol–water partition coefficient (Wildman–Crippen LogP) is 4.08. The van der Waals surface area contributed by atoms with E-state index in [1.54, 1.807) is 24.5 Å². The Labute approximate surface area is 189 Å². The van der Waals surface area contributed by atoms with Gasteiger partial charge in [-0.15, -0.1) is 0 Å². The molecule has 0 spiro atoms. The minimum Gasteiger partial charge on any atom is -0.342 e. The van der Waals surface area contributed by atoms with Gasteiger partial charge in [-0.1, -0.05) is 42.0 Å². The number of benzene rings is 2. The Morgan fingerprint density at radius 1 is 1.19 bits per heavy atom. The van der Waals surface area contributed by atoms with E-state index in [-0.39, 0.29) is 18.1 Å². The molecule has 1 amide bonds. The van der Waals surface area contributed by atoms with Crippen LogP contribution in [-0.2, 0) is 18.4 Å². The summed E-state index contributed by atoms with van der Waals surface area (Å²) in [6, 6.07) is 13.5. The second-order valence-corrected chi connectivity index (χ2v) is 7.96. The number of carbonyl (C=O) groups excluding carboxylic acids is 1. The quantitative estimate of drug-likeness (QED) is 0.416. The van der Waals surface area contributed by atoms with Crippen LogP contribution in [0.15, 0.2) is 60.9 Å². The number of carbonyl (C=O) groups is 1. The van der Waals surface area contributed by atoms with Gasteiger partial charge in [0.1, 0.15) is 17.7 Å². The van der Waals surface area contributed by atoms with Crippen molar-refractivity contribution < 1.29 is 9.18 Å². The first kappa shape index (κ1) is 21.6. The molecule has 0 aliphatic rings. The third-order valence-corrected chi connectivity index (χ3v) is 5.57. The van der Waals surface area contributed by atoms with Crippen molar-refractivity contribution in [2.75, 3.05) is 0 Å². The highest BCUT2D eigenvalue weighted by atomic mass is 32.1. The number of imidazole rings is 1. The Balaban J connectivity index is 1.52. The smallest absolute Gasteiger partial charge is 0.222 e. The summed E-state index contributed by atoms with van der Waals surface area (Å²) >= 11 is 5.37. The number of amides is 1. The first-order chi connectivity index (χ1) is 15.4. The molecule has 0 saturated heterocycles. The predicted molar refractivity (Wildman–Crippen MR) is 122 cm³/mol. The topological polar surface area (TPSA) is 80.5 Å². The zero-order valence-electron chi connectivity index (χ0n) is 17.7. The number of aryl methyl sites for hydroxylation is 2. The lowest BCUT2D eigenvalue weighted by atomic mass is 10.1. The van der Waals surface area contributed by atoms with Gasteiger partial charge in [0.2, 0.25) is 5.91 Å². The first-order valence-electron chi connectivity index (χ1n) is 10.2. The molecule has 0 fully saturated rings. The van der Waals surface area contributed by atoms with Gasteiger partial charge in [0.05, 0.1) is 0 Å². The fourth-order valence-electron chi connectivity index (χ4n) is 3.50. The first-order valence-corrected chi connectivity index (χ1v) is 10.6. The summed E-state index contributed by atoms with van der Waals surface area (Å²) in [5, 5.41) is 10.2. The summed E-state index contributed by atoms with van der Waals surface area (Å²) < 4.78 is 17.5. The van der Waals surface area contributed by atoms with Crippen LogP contribution in [0, 0.1) is 17.5 Å². The number of aromatic nitrogens is 5. The minimum atomic E-state index is -0.503. The van der Waals surface area contributed by atoms with Crippen LogP contribution in [0.3, 0.4) is 0 Å². The van der Waals surface area contributed by atoms with Crippen molar-refractivity contribution in [1.29, 1.82) is 0 Å². The van der Waals surface area contributed by atoms with E-state index < -0.39 is 6.04 Å². The molecule has 7 nitrogen and oxygen atoms in total. The lowest BCUT2D eigenvalue weighted by molar-refractivity contribution is -0.121. The summed E-state index contributed by atoms with van der Waals surface area (Å²) in [5.74, 6) is 0.823. The van der Waals surface area contributed by atoms with E-state index in [1.807, 2.05) is 47.4 Å². The third kappa shape index (κ3) is 4.67. The number of rotatable bonds is 7. The Hall–Kier alpha value is -3.59. The van der Waals surface area contributed by atoms with Crippen LogP contribution in [0.25, 0.3) is 11.4 Å². The van der Waals surface area contributed by atoms with E-state index in [4.69, 9.17) is 12.2 Å². The zero-order chi connectivity index (χ0) is 22.7. The average Bonchev–Trinajstić information content (AvgIpc) is 3.37. The van der Waals surface area contributed by atoms with E-state index in [2.05, 4.69) is 20.5 Å². The monoisotopic (exact) mass is 450 g/mol. The number of hydrogen-bond donors (Lipinski definition) is 2. The highest BCUT2D eigenvalue weighted by Crippen LogP contribution is 2.22. The van der Waals surface area contributed by atoms with Crippen molar-refractivity contribution in [2.24, 2.45) is 7.05 Å². The van der Waals surface area contributed by atoms with Gasteiger partial charge in [0.25, 0.3) is 0 Å². The lowest BCUT2D eigenvalue weighted by Gasteiger charge is -2.19. The fourth-order valence-corrected chi connectivity index (χ4v) is 3.73. The molecule has 32 heavy (non-hydrogen) atoms. The average molecular weight is 451 g/mol. The second-order valence-electron chi connectivity index (χ2n) is 7.57. The number of halogens is 1. The van der Waals surface area contributed by atoms with E-state index in [9.17, 15) is 9.18 Å². The minimum absolute atomic E-state index is 0.180. The molecular weight excluding hydrogens is 427 g/mol. The van der Waals surface area contributed by atoms with Gasteiger partial charge in [-0.25, -0.2) is 9.37 Å². The van der Waals surface area contributed by atoms with Gasteiger partial charge in [0, 0.05) is 38.0 Å². The summed E-state index contributed by atoms with van der Waals surface area (Å²) in [6.07, 6.45) is 3.65. The Bertz CT molecular complexity index is 1270. The van der Waals surface area contributed by atoms with Crippen molar-refractivity contribution in [3.8, 4) is 11.4 Å². The molecule has 0 aliphatic heterocycles. The zero-order valence-corrected chi connectivity index (χ0v) is 18.6. The van der Waals surface area contributed by atoms with Crippen molar-refractivity contribution in [3.05, 3.63) is 88.5 Å². The Kier molecular flexibility index (Phi) is 6.27. The van der Waals surface area contributed by atoms with E-state index in [0.29, 0.717) is 23.0 Å². The summed E-state index contributed by atoms with van der Waals surface area (Å²) in [7, 11) is 1.85. The Morgan fingerprint density at radius 2 is 1.91 bits per heavy atom. The van der Waals surface area contributed by atoms with Crippen molar-refractivity contribution in [2.45, 2.75) is 25.9 Å². The van der Waals surface area contributed by atoms with Gasteiger partial charge in [-0.05, 0) is 36.8 Å². The maximum Gasteiger partial charge on any atom is 0.222 e. The van der Waals surface area contributed by atoms with E-state index in [1.165, 1.54) is 12.1 Å². The molecule has 0 bridgehead atoms. The molecule has 2 heterocycles. The van der Waals surface area contributed by atoms with Crippen molar-refractivity contribution in [1.82, 2.24) is 29.6 Å². The van der Waals surface area contributed by atoms with E-state index in [0.717, 1.165) is 16.7 Å². The Morgan fingerprint density at radius 3 is 2.56 bits per heavy atom. The number of nitrogens with one attached hydrogen (secondary N) is 2. The molecule has 2 aromatic carbocycles. The second kappa shape index (κ2) is 9.27. The van der Waals surface area contributed by atoms with Gasteiger partial charge in [0.15, 0.2) is 10.6 Å². The van der Waals surface area contributed by atoms with Crippen LogP contribution >= 0.6 is 12.2 Å². The van der Waals surface area contributed by atoms with Crippen LogP contribution < -0.4 is 5.32 Å². The number of hydrogen-bond acceptors (Lipinski definition) is 4. The fraction of sp³-hybridized carbons (Fsp3) is 0.217. The molecule has 0 saturated carbocycles. The van der Waals surface area contributed by atoms with Gasteiger partial charge in [-0.2, -0.15) is 5.10 Å². The standard InChI is InChI=1S/C23H23FN6OS/c1-15-3-5-17(6-4-15)21-27-28-23(32)30(21)13-11-19(31)26-20(22-25-12-14-29(22)2)16-7-9-18(24)10-8-16/h3-10,12,14,20H,11,13H2,1-2H3,(H,26,31)(H,28,32). The molecule has 4 aromatic rings. The molecule has 164 valence electrons. The van der Waals surface area contributed by atoms with Gasteiger partial charge >= 0.3 is 0 Å². The largest absolute Gasteiger partial charge is 0.342 e. The molecule has 9 heteroatoms. The molecule has 2 aromatic heterocycles. The summed E-state index contributed by atoms with van der Waals surface area (Å²) in [4.78, 5) is 17.3. The van der Waals surface area contributed by atoms with Crippen LogP contribution in [0.1, 0.15) is 29.4 Å². The maximum absolute atomic E-state index is 13.4. The molecule has 0 radical (unpaired) electrons. The lowest BCUT2D eigenvalue weighted by Crippen LogP contribution is -2.31. The number of aromatic amines is 1. The highest BCUT2D eigenvalue weighted by Gasteiger charge is 2.21. The summed E-state index contributed by atoms with van der Waals surface area (Å²) in [5.41, 5.74) is 2.81. The van der Waals surface area contributed by atoms with Crippen molar-refractivity contribution in [3.63, 3.8) is 0 Å². The summed E-state index contributed by atoms with van der Waals surface area (Å²) in [6.45, 7) is 2.38. The maximum atomic E-state index is 13.4. The van der Waals surface area contributed by atoms with Crippen LogP contribution in [0.2, 0.25) is 0 Å². The molecule has 1 atom stereocenters. The third-order valence-electron chi connectivity index (χ3n) is 5.26. The molecule has 4 rings (SSSR count). The van der Waals surface area contributed by atoms with Crippen LogP contribution in [0.5, 0.6) is 0 Å². The van der Waals surface area contributed by atoms with Gasteiger partial charge in [-0.3, -0.25) is 14.5 Å². The number of nitrogens with zero attached hydrogens (tertiary/aromatic N) is 4. The molecular formula is C23H23FN6OS.